The van der Waals surface area contributed by atoms with Gasteiger partial charge >= 0.3 is 0 Å². The van der Waals surface area contributed by atoms with Crippen LogP contribution < -0.4 is 5.32 Å². The monoisotopic (exact) mass is 557 g/mol. The highest BCUT2D eigenvalue weighted by Gasteiger charge is 2.20. The van der Waals surface area contributed by atoms with Crippen molar-refractivity contribution in [2.75, 3.05) is 20.8 Å². The minimum Gasteiger partial charge on any atom is -0.377 e. The Labute approximate surface area is 245 Å². The summed E-state index contributed by atoms with van der Waals surface area (Å²) >= 11 is 0. The quantitative estimate of drug-likeness (QED) is 0.348. The number of amides is 1. The number of hydrogen-bond acceptors (Lipinski definition) is 4. The molecule has 0 aromatic carbocycles. The molecule has 0 aromatic rings. The first-order valence-corrected chi connectivity index (χ1v) is 15.6. The Kier molecular flexibility index (Phi) is 18.8. The maximum absolute atomic E-state index is 11.8. The third-order valence-corrected chi connectivity index (χ3v) is 8.45. The number of carbonyl (C=O) groups excluding carboxylic acids is 2. The molecule has 1 aliphatic heterocycles. The molecule has 1 amide bonds. The van der Waals surface area contributed by atoms with Gasteiger partial charge in [0.15, 0.2) is 0 Å². The van der Waals surface area contributed by atoms with Crippen molar-refractivity contribution in [3.8, 4) is 0 Å². The zero-order valence-corrected chi connectivity index (χ0v) is 26.8. The van der Waals surface area contributed by atoms with Gasteiger partial charge < -0.3 is 14.8 Å². The minimum atomic E-state index is 0.159. The summed E-state index contributed by atoms with van der Waals surface area (Å²) < 4.78 is 11.2. The first kappa shape index (κ1) is 36.0. The van der Waals surface area contributed by atoms with Crippen LogP contribution in [0.5, 0.6) is 0 Å². The van der Waals surface area contributed by atoms with Gasteiger partial charge in [-0.2, -0.15) is 0 Å². The second kappa shape index (κ2) is 20.8. The second-order valence-corrected chi connectivity index (χ2v) is 12.0. The summed E-state index contributed by atoms with van der Waals surface area (Å²) in [6.07, 6.45) is 22.8. The van der Waals surface area contributed by atoms with Crippen LogP contribution in [-0.2, 0) is 19.1 Å². The van der Waals surface area contributed by atoms with Gasteiger partial charge in [0.05, 0.1) is 12.2 Å². The maximum atomic E-state index is 11.8. The van der Waals surface area contributed by atoms with E-state index >= 15 is 0 Å². The zero-order valence-electron chi connectivity index (χ0n) is 26.8. The lowest BCUT2D eigenvalue weighted by molar-refractivity contribution is -0.121. The lowest BCUT2D eigenvalue weighted by Gasteiger charge is -2.24. The number of carbonyl (C=O) groups is 2. The first-order chi connectivity index (χ1) is 19.1. The van der Waals surface area contributed by atoms with Crippen molar-refractivity contribution in [3.05, 3.63) is 47.6 Å². The Bertz CT molecular complexity index is 785. The maximum Gasteiger partial charge on any atom is 0.220 e. The molecule has 0 saturated carbocycles. The molecule has 0 saturated heterocycles. The molecular formula is C35H59NO4. The van der Waals surface area contributed by atoms with Crippen LogP contribution in [0.25, 0.3) is 0 Å². The minimum absolute atomic E-state index is 0.159. The van der Waals surface area contributed by atoms with Crippen LogP contribution in [0, 0.1) is 23.7 Å². The average Bonchev–Trinajstić information content (AvgIpc) is 2.93. The summed E-state index contributed by atoms with van der Waals surface area (Å²) in [4.78, 5) is 23.4. The normalized spacial score (nSPS) is 34.7. The van der Waals surface area contributed by atoms with Gasteiger partial charge in [-0.3, -0.25) is 9.59 Å². The van der Waals surface area contributed by atoms with Crippen molar-refractivity contribution in [3.63, 3.8) is 0 Å². The average molecular weight is 558 g/mol. The molecule has 0 spiro atoms. The van der Waals surface area contributed by atoms with Crippen LogP contribution in [0.4, 0.5) is 0 Å². The Balaban J connectivity index is 0.000000400. The van der Waals surface area contributed by atoms with E-state index in [9.17, 15) is 9.59 Å². The van der Waals surface area contributed by atoms with E-state index in [1.165, 1.54) is 11.1 Å². The molecule has 0 aromatic heterocycles. The van der Waals surface area contributed by atoms with E-state index in [0.29, 0.717) is 48.8 Å². The summed E-state index contributed by atoms with van der Waals surface area (Å²) in [5.74, 6) is 2.32. The van der Waals surface area contributed by atoms with Gasteiger partial charge in [0.25, 0.3) is 0 Å². The molecule has 0 radical (unpaired) electrons. The number of rotatable bonds is 2. The number of methoxy groups -OCH3 is 2. The topological polar surface area (TPSA) is 64.6 Å². The summed E-state index contributed by atoms with van der Waals surface area (Å²) in [6.45, 7) is 13.8. The molecule has 1 N–H and O–H groups in total. The fourth-order valence-electron chi connectivity index (χ4n) is 5.26. The zero-order chi connectivity index (χ0) is 29.9. The summed E-state index contributed by atoms with van der Waals surface area (Å²) in [5, 5.41) is 2.99. The van der Waals surface area contributed by atoms with Crippen LogP contribution in [-0.4, -0.2) is 44.7 Å². The fourth-order valence-corrected chi connectivity index (χ4v) is 5.26. The van der Waals surface area contributed by atoms with Gasteiger partial charge in [-0.1, -0.05) is 75.3 Å². The van der Waals surface area contributed by atoms with Crippen LogP contribution >= 0.6 is 0 Å². The molecule has 2 aliphatic rings. The lowest BCUT2D eigenvalue weighted by atomic mass is 9.87. The Hall–Kier alpha value is -1.98. The van der Waals surface area contributed by atoms with Crippen molar-refractivity contribution in [1.29, 1.82) is 0 Å². The van der Waals surface area contributed by atoms with Crippen LogP contribution in [0.15, 0.2) is 47.6 Å². The highest BCUT2D eigenvalue weighted by Crippen LogP contribution is 2.24. The Morgan fingerprint density at radius 2 is 1.18 bits per heavy atom. The van der Waals surface area contributed by atoms with E-state index in [-0.39, 0.29) is 18.1 Å². The largest absolute Gasteiger partial charge is 0.377 e. The predicted octanol–water partition coefficient (Wildman–Crippen LogP) is 8.17. The number of ketones is 1. The summed E-state index contributed by atoms with van der Waals surface area (Å²) in [7, 11) is 3.56. The number of allylic oxidation sites excluding steroid dienone is 5. The third-order valence-electron chi connectivity index (χ3n) is 8.45. The number of hydrogen-bond donors (Lipinski definition) is 1. The van der Waals surface area contributed by atoms with Crippen molar-refractivity contribution in [2.45, 2.75) is 118 Å². The van der Waals surface area contributed by atoms with E-state index in [2.05, 4.69) is 83.3 Å². The van der Waals surface area contributed by atoms with E-state index in [1.807, 2.05) is 0 Å². The molecule has 5 heteroatoms. The first-order valence-electron chi connectivity index (χ1n) is 15.6. The molecule has 40 heavy (non-hydrogen) atoms. The SMILES string of the molecule is CO[C@H]1/C=C/CCCCC(=O)CC/C(C)=C\[C@@H](C)[C@@H]1C.CO[C@H]1/C=C/CCCCC(=O)NC/C(C)=C\[C@@H](C)[C@@H]1C. The summed E-state index contributed by atoms with van der Waals surface area (Å²) in [5.41, 5.74) is 2.54. The van der Waals surface area contributed by atoms with E-state index < -0.39 is 0 Å². The molecule has 5 nitrogen and oxygen atoms in total. The van der Waals surface area contributed by atoms with E-state index in [1.54, 1.807) is 14.2 Å². The number of nitrogens with one attached hydrogen (secondary N) is 1. The van der Waals surface area contributed by atoms with Crippen molar-refractivity contribution < 1.29 is 19.1 Å². The molecule has 1 heterocycles. The molecule has 1 aliphatic carbocycles. The highest BCUT2D eigenvalue weighted by molar-refractivity contribution is 5.78. The van der Waals surface area contributed by atoms with Gasteiger partial charge in [-0.15, -0.1) is 0 Å². The van der Waals surface area contributed by atoms with Gasteiger partial charge in [-0.25, -0.2) is 0 Å². The second-order valence-electron chi connectivity index (χ2n) is 12.0. The Morgan fingerprint density at radius 3 is 1.70 bits per heavy atom. The van der Waals surface area contributed by atoms with Crippen LogP contribution in [0.2, 0.25) is 0 Å². The molecule has 228 valence electrons. The molecule has 6 atom stereocenters. The van der Waals surface area contributed by atoms with Gasteiger partial charge in [0.1, 0.15) is 5.78 Å². The summed E-state index contributed by atoms with van der Waals surface area (Å²) in [6, 6.07) is 0. The Morgan fingerprint density at radius 1 is 0.675 bits per heavy atom. The van der Waals surface area contributed by atoms with Crippen molar-refractivity contribution in [2.24, 2.45) is 23.7 Å². The standard InChI is InChI=1S/C18H30O2.C17H29NO2/c1-14-11-12-17(19)9-7-5-6-8-10-18(20-4)16(3)15(2)13-14;1-13-11-14(2)15(3)16(20-4)9-7-5-6-8-10-17(19)18-12-13/h8,10,13,15-16,18H,5-7,9,11-12H2,1-4H3;7,9,11,14-16H,5-6,8,10,12H2,1-4H3,(H,18,19)/b10-8+,14-13-;9-7+,13-11-/t15-,16+,18+;14-,15+,16+/m11/s1. The van der Waals surface area contributed by atoms with E-state index in [0.717, 1.165) is 51.4 Å². The fraction of sp³-hybridized carbons (Fsp3) is 0.714. The number of ether oxygens (including phenoxy) is 2. The van der Waals surface area contributed by atoms with Gasteiger partial charge in [0.2, 0.25) is 5.91 Å². The lowest BCUT2D eigenvalue weighted by Crippen LogP contribution is -2.26. The third kappa shape index (κ3) is 15.1. The molecule has 0 fully saturated rings. The van der Waals surface area contributed by atoms with Gasteiger partial charge in [-0.05, 0) is 82.5 Å². The smallest absolute Gasteiger partial charge is 0.220 e. The van der Waals surface area contributed by atoms with Gasteiger partial charge in [0, 0.05) is 40.0 Å². The molecule has 0 bridgehead atoms. The van der Waals surface area contributed by atoms with E-state index in [4.69, 9.17) is 9.47 Å². The molecule has 2 rings (SSSR count). The van der Waals surface area contributed by atoms with Crippen molar-refractivity contribution >= 4 is 11.7 Å². The highest BCUT2D eigenvalue weighted by atomic mass is 16.5. The molecular weight excluding hydrogens is 498 g/mol. The predicted molar refractivity (Wildman–Crippen MR) is 168 cm³/mol. The van der Waals surface area contributed by atoms with Crippen LogP contribution in [0.3, 0.4) is 0 Å². The van der Waals surface area contributed by atoms with Crippen LogP contribution in [0.1, 0.15) is 106 Å². The molecule has 0 unspecified atom stereocenters. The number of Topliss-reactive ketones (excluding diaryl/α,β-unsaturated/α-hetero) is 1. The van der Waals surface area contributed by atoms with Crippen molar-refractivity contribution in [1.82, 2.24) is 5.32 Å².